The number of carbonyl (C=O) groups excluding carboxylic acids is 1. The van der Waals surface area contributed by atoms with E-state index in [4.69, 9.17) is 4.98 Å². The Morgan fingerprint density at radius 2 is 1.97 bits per heavy atom. The van der Waals surface area contributed by atoms with Crippen molar-refractivity contribution in [1.29, 1.82) is 0 Å². The number of fused-ring (bicyclic) bond motifs is 1. The van der Waals surface area contributed by atoms with Gasteiger partial charge in [-0.15, -0.1) is 0 Å². The van der Waals surface area contributed by atoms with Crippen LogP contribution in [-0.2, 0) is 10.2 Å². The summed E-state index contributed by atoms with van der Waals surface area (Å²) in [6.07, 6.45) is 1.69. The first kappa shape index (κ1) is 19.4. The van der Waals surface area contributed by atoms with Crippen molar-refractivity contribution >= 4 is 28.2 Å². The minimum atomic E-state index is -0.434. The number of anilines is 2. The van der Waals surface area contributed by atoms with Crippen molar-refractivity contribution in [3.63, 3.8) is 0 Å². The standard InChI is InChI=1S/C25H26N4O2/c1-17-16-29(13-12-26-17)24-21-5-3-2-4-18(21)14-23(28-24)27-15-22(31)25(10-11-25)19-6-8-20(30)9-7-19/h2-9,14,26,30H,1,10-13,15-16H2,(H,27,28). The maximum Gasteiger partial charge on any atom is 0.162 e. The van der Waals surface area contributed by atoms with Crippen LogP contribution in [0.1, 0.15) is 18.4 Å². The van der Waals surface area contributed by atoms with Crippen molar-refractivity contribution in [2.24, 2.45) is 0 Å². The largest absolute Gasteiger partial charge is 0.508 e. The Bertz CT molecular complexity index is 1150. The van der Waals surface area contributed by atoms with Crippen LogP contribution in [0.15, 0.2) is 66.9 Å². The predicted molar refractivity (Wildman–Crippen MR) is 124 cm³/mol. The number of benzene rings is 2. The van der Waals surface area contributed by atoms with Gasteiger partial charge in [-0.25, -0.2) is 4.98 Å². The lowest BCUT2D eigenvalue weighted by molar-refractivity contribution is -0.119. The predicted octanol–water partition coefficient (Wildman–Crippen LogP) is 3.58. The number of carbonyl (C=O) groups is 1. The van der Waals surface area contributed by atoms with Crippen LogP contribution in [0.2, 0.25) is 0 Å². The molecule has 0 bridgehead atoms. The number of piperazine rings is 1. The van der Waals surface area contributed by atoms with Gasteiger partial charge in [0, 0.05) is 24.2 Å². The second kappa shape index (κ2) is 7.61. The zero-order chi connectivity index (χ0) is 21.4. The number of Topliss-reactive ketones (excluding diaryl/α,β-unsaturated/α-hetero) is 1. The second-order valence-electron chi connectivity index (χ2n) is 8.41. The molecule has 5 rings (SSSR count). The van der Waals surface area contributed by atoms with E-state index in [1.165, 1.54) is 0 Å². The number of hydrogen-bond acceptors (Lipinski definition) is 6. The molecule has 6 heteroatoms. The molecule has 0 spiro atoms. The summed E-state index contributed by atoms with van der Waals surface area (Å²) in [4.78, 5) is 20.2. The molecule has 0 radical (unpaired) electrons. The fraction of sp³-hybridized carbons (Fsp3) is 0.280. The Hall–Kier alpha value is -3.54. The van der Waals surface area contributed by atoms with Gasteiger partial charge in [-0.3, -0.25) is 4.79 Å². The summed E-state index contributed by atoms with van der Waals surface area (Å²) in [7, 11) is 0. The summed E-state index contributed by atoms with van der Waals surface area (Å²) < 4.78 is 0. The Morgan fingerprint density at radius 1 is 1.19 bits per heavy atom. The molecule has 0 unspecified atom stereocenters. The Balaban J connectivity index is 1.39. The van der Waals surface area contributed by atoms with E-state index < -0.39 is 5.41 Å². The summed E-state index contributed by atoms with van der Waals surface area (Å²) in [6, 6.07) is 17.2. The first-order valence-electron chi connectivity index (χ1n) is 10.7. The minimum Gasteiger partial charge on any atom is -0.508 e. The van der Waals surface area contributed by atoms with Gasteiger partial charge in [0.15, 0.2) is 5.78 Å². The zero-order valence-corrected chi connectivity index (χ0v) is 17.4. The highest BCUT2D eigenvalue weighted by Crippen LogP contribution is 2.49. The molecule has 2 heterocycles. The lowest BCUT2D eigenvalue weighted by Crippen LogP contribution is -2.42. The molecule has 1 aromatic heterocycles. The average molecular weight is 415 g/mol. The number of nitrogens with zero attached hydrogens (tertiary/aromatic N) is 2. The topological polar surface area (TPSA) is 77.5 Å². The third-order valence-corrected chi connectivity index (χ3v) is 6.29. The number of phenols is 1. The number of aromatic nitrogens is 1. The van der Waals surface area contributed by atoms with Crippen LogP contribution < -0.4 is 15.5 Å². The van der Waals surface area contributed by atoms with Crippen molar-refractivity contribution in [3.8, 4) is 5.75 Å². The van der Waals surface area contributed by atoms with Crippen LogP contribution in [0, 0.1) is 0 Å². The van der Waals surface area contributed by atoms with Gasteiger partial charge in [-0.05, 0) is 42.0 Å². The molecule has 3 aromatic rings. The summed E-state index contributed by atoms with van der Waals surface area (Å²) in [5.74, 6) is 1.99. The molecule has 2 fully saturated rings. The average Bonchev–Trinajstić information content (AvgIpc) is 3.59. The summed E-state index contributed by atoms with van der Waals surface area (Å²) >= 11 is 0. The van der Waals surface area contributed by atoms with Crippen LogP contribution in [0.5, 0.6) is 5.75 Å². The molecule has 1 saturated carbocycles. The van der Waals surface area contributed by atoms with Crippen LogP contribution >= 0.6 is 0 Å². The molecule has 6 nitrogen and oxygen atoms in total. The van der Waals surface area contributed by atoms with Crippen LogP contribution in [0.3, 0.4) is 0 Å². The molecule has 0 amide bonds. The van der Waals surface area contributed by atoms with Gasteiger partial charge >= 0.3 is 0 Å². The van der Waals surface area contributed by atoms with Crippen molar-refractivity contribution < 1.29 is 9.90 Å². The summed E-state index contributed by atoms with van der Waals surface area (Å²) in [5, 5.41) is 18.3. The Morgan fingerprint density at radius 3 is 2.71 bits per heavy atom. The molecule has 1 aliphatic heterocycles. The van der Waals surface area contributed by atoms with Gasteiger partial charge in [-0.1, -0.05) is 43.0 Å². The monoisotopic (exact) mass is 414 g/mol. The number of nitrogens with one attached hydrogen (secondary N) is 2. The van der Waals surface area contributed by atoms with E-state index >= 15 is 0 Å². The SMILES string of the molecule is C=C1CN(c2nc(NCC(=O)C3(c4ccc(O)cc4)CC3)cc3ccccc23)CCN1. The van der Waals surface area contributed by atoms with E-state index in [9.17, 15) is 9.90 Å². The summed E-state index contributed by atoms with van der Waals surface area (Å²) in [6.45, 7) is 6.68. The second-order valence-corrected chi connectivity index (χ2v) is 8.41. The lowest BCUT2D eigenvalue weighted by atomic mass is 9.91. The number of rotatable bonds is 6. The van der Waals surface area contributed by atoms with E-state index in [1.54, 1.807) is 12.1 Å². The number of ketones is 1. The van der Waals surface area contributed by atoms with Gasteiger partial charge in [0.2, 0.25) is 0 Å². The molecule has 31 heavy (non-hydrogen) atoms. The highest BCUT2D eigenvalue weighted by molar-refractivity contribution is 5.97. The fourth-order valence-corrected chi connectivity index (χ4v) is 4.40. The minimum absolute atomic E-state index is 0.158. The van der Waals surface area contributed by atoms with E-state index in [0.717, 1.165) is 53.8 Å². The van der Waals surface area contributed by atoms with Crippen LogP contribution in [0.4, 0.5) is 11.6 Å². The van der Waals surface area contributed by atoms with Crippen molar-refractivity contribution in [2.45, 2.75) is 18.3 Å². The Labute approximate surface area is 181 Å². The number of hydrogen-bond donors (Lipinski definition) is 3. The van der Waals surface area contributed by atoms with E-state index in [2.05, 4.69) is 34.2 Å². The molecular formula is C25H26N4O2. The molecular weight excluding hydrogens is 388 g/mol. The van der Waals surface area contributed by atoms with E-state index in [0.29, 0.717) is 12.4 Å². The Kier molecular flexibility index (Phi) is 4.77. The van der Waals surface area contributed by atoms with Gasteiger partial charge in [-0.2, -0.15) is 0 Å². The fourth-order valence-electron chi connectivity index (χ4n) is 4.40. The maximum absolute atomic E-state index is 13.1. The normalized spacial score (nSPS) is 17.3. The van der Waals surface area contributed by atoms with Gasteiger partial charge in [0.05, 0.1) is 18.5 Å². The van der Waals surface area contributed by atoms with Crippen LogP contribution in [-0.4, -0.2) is 42.1 Å². The van der Waals surface area contributed by atoms with Gasteiger partial charge in [0.1, 0.15) is 17.4 Å². The van der Waals surface area contributed by atoms with Crippen molar-refractivity contribution in [3.05, 3.63) is 72.4 Å². The first-order chi connectivity index (χ1) is 15.0. The molecule has 1 saturated heterocycles. The van der Waals surface area contributed by atoms with E-state index in [1.807, 2.05) is 30.3 Å². The number of aromatic hydroxyl groups is 1. The lowest BCUT2D eigenvalue weighted by Gasteiger charge is -2.31. The molecule has 3 N–H and O–H groups in total. The molecule has 2 aliphatic rings. The molecule has 158 valence electrons. The highest BCUT2D eigenvalue weighted by Gasteiger charge is 2.50. The van der Waals surface area contributed by atoms with Crippen LogP contribution in [0.25, 0.3) is 10.8 Å². The van der Waals surface area contributed by atoms with Crippen molar-refractivity contribution in [2.75, 3.05) is 36.4 Å². The van der Waals surface area contributed by atoms with E-state index in [-0.39, 0.29) is 18.1 Å². The zero-order valence-electron chi connectivity index (χ0n) is 17.4. The number of pyridine rings is 1. The van der Waals surface area contributed by atoms with Gasteiger partial charge in [0.25, 0.3) is 0 Å². The molecule has 0 atom stereocenters. The maximum atomic E-state index is 13.1. The first-order valence-corrected chi connectivity index (χ1v) is 10.7. The third-order valence-electron chi connectivity index (χ3n) is 6.29. The smallest absolute Gasteiger partial charge is 0.162 e. The third kappa shape index (κ3) is 3.69. The number of phenolic OH excluding ortho intramolecular Hbond substituents is 1. The highest BCUT2D eigenvalue weighted by atomic mass is 16.3. The summed E-state index contributed by atoms with van der Waals surface area (Å²) in [5.41, 5.74) is 1.52. The van der Waals surface area contributed by atoms with Gasteiger partial charge < -0.3 is 20.6 Å². The molecule has 2 aromatic carbocycles. The quantitative estimate of drug-likeness (QED) is 0.572. The molecule has 1 aliphatic carbocycles. The van der Waals surface area contributed by atoms with Crippen molar-refractivity contribution in [1.82, 2.24) is 10.3 Å².